The molecule has 0 spiro atoms. The molecule has 7 heteroatoms. The third kappa shape index (κ3) is 3.22. The summed E-state index contributed by atoms with van der Waals surface area (Å²) in [5, 5.41) is 2.27. The molecule has 1 atom stereocenters. The van der Waals surface area contributed by atoms with Gasteiger partial charge >= 0.3 is 6.03 Å². The van der Waals surface area contributed by atoms with Gasteiger partial charge < -0.3 is 5.32 Å². The second kappa shape index (κ2) is 6.85. The van der Waals surface area contributed by atoms with Gasteiger partial charge in [0.2, 0.25) is 0 Å². The molecule has 1 saturated heterocycles. The van der Waals surface area contributed by atoms with Crippen LogP contribution in [0.1, 0.15) is 54.4 Å². The van der Waals surface area contributed by atoms with Crippen LogP contribution in [0.25, 0.3) is 0 Å². The minimum absolute atomic E-state index is 0.565. The van der Waals surface area contributed by atoms with E-state index < -0.39 is 21.4 Å². The van der Waals surface area contributed by atoms with Crippen LogP contribution >= 0.6 is 0 Å². The second-order valence-electron chi connectivity index (χ2n) is 7.77. The number of urea groups is 1. The third-order valence-corrected chi connectivity index (χ3v) is 7.79. The second-order valence-corrected chi connectivity index (χ2v) is 9.60. The number of aryl methyl sites for hydroxylation is 2. The van der Waals surface area contributed by atoms with E-state index in [4.69, 9.17) is 0 Å². The van der Waals surface area contributed by atoms with E-state index in [-0.39, 0.29) is 0 Å². The molecular weight excluding hydrogens is 350 g/mol. The number of carbonyl (C=O) groups excluding carboxylic acids is 1. The number of hydrogen-bond donors (Lipinski definition) is 2. The summed E-state index contributed by atoms with van der Waals surface area (Å²) in [4.78, 5) is 14.4. The number of likely N-dealkylation sites (tertiary alicyclic amines) is 1. The SMILES string of the molecule is CN1CCCCC1S(=O)(=O)NC(=O)Nc1c2c(cc3c1CCC3)CCC2. The Kier molecular flexibility index (Phi) is 4.69. The Morgan fingerprint density at radius 2 is 1.69 bits per heavy atom. The highest BCUT2D eigenvalue weighted by atomic mass is 32.2. The molecule has 2 N–H and O–H groups in total. The fraction of sp³-hybridized carbons (Fsp3) is 0.632. The van der Waals surface area contributed by atoms with Crippen LogP contribution in [-0.4, -0.2) is 38.3 Å². The predicted octanol–water partition coefficient (Wildman–Crippen LogP) is 2.56. The first-order valence-corrected chi connectivity index (χ1v) is 11.2. The lowest BCUT2D eigenvalue weighted by Crippen LogP contribution is -2.49. The first-order chi connectivity index (χ1) is 12.5. The van der Waals surface area contributed by atoms with Crippen LogP contribution in [0.3, 0.4) is 0 Å². The smallest absolute Gasteiger partial charge is 0.307 e. The number of fused-ring (bicyclic) bond motifs is 2. The number of piperidine rings is 1. The van der Waals surface area contributed by atoms with Gasteiger partial charge in [0.1, 0.15) is 5.37 Å². The van der Waals surface area contributed by atoms with Gasteiger partial charge in [-0.1, -0.05) is 6.07 Å². The lowest BCUT2D eigenvalue weighted by atomic mass is 9.99. The van der Waals surface area contributed by atoms with Gasteiger partial charge in [-0.2, -0.15) is 0 Å². The summed E-state index contributed by atoms with van der Waals surface area (Å²) < 4.78 is 27.6. The molecule has 1 aliphatic heterocycles. The van der Waals surface area contributed by atoms with Crippen LogP contribution in [0, 0.1) is 0 Å². The van der Waals surface area contributed by atoms with E-state index in [0.29, 0.717) is 6.42 Å². The number of amides is 2. The molecule has 4 rings (SSSR count). The molecule has 3 aliphatic rings. The van der Waals surface area contributed by atoms with Gasteiger partial charge in [-0.15, -0.1) is 0 Å². The summed E-state index contributed by atoms with van der Waals surface area (Å²) >= 11 is 0. The highest BCUT2D eigenvalue weighted by Gasteiger charge is 2.33. The molecule has 1 fully saturated rings. The highest BCUT2D eigenvalue weighted by molar-refractivity contribution is 7.90. The average Bonchev–Trinajstić information content (AvgIpc) is 3.23. The van der Waals surface area contributed by atoms with E-state index in [0.717, 1.165) is 63.6 Å². The fourth-order valence-corrected chi connectivity index (χ4v) is 6.24. The van der Waals surface area contributed by atoms with Crippen molar-refractivity contribution in [1.29, 1.82) is 0 Å². The number of rotatable bonds is 3. The van der Waals surface area contributed by atoms with E-state index in [2.05, 4.69) is 16.1 Å². The van der Waals surface area contributed by atoms with Crippen LogP contribution < -0.4 is 10.0 Å². The maximum absolute atomic E-state index is 12.7. The van der Waals surface area contributed by atoms with Crippen molar-refractivity contribution < 1.29 is 13.2 Å². The van der Waals surface area contributed by atoms with E-state index in [1.807, 2.05) is 4.90 Å². The largest absolute Gasteiger partial charge is 0.332 e. The van der Waals surface area contributed by atoms with Gasteiger partial charge in [-0.3, -0.25) is 4.90 Å². The Hall–Kier alpha value is -1.60. The van der Waals surface area contributed by atoms with Crippen molar-refractivity contribution in [2.45, 2.75) is 63.2 Å². The number of hydrogen-bond acceptors (Lipinski definition) is 4. The Morgan fingerprint density at radius 3 is 2.31 bits per heavy atom. The zero-order valence-electron chi connectivity index (χ0n) is 15.3. The molecule has 0 bridgehead atoms. The van der Waals surface area contributed by atoms with Crippen molar-refractivity contribution in [3.05, 3.63) is 28.3 Å². The Labute approximate surface area is 155 Å². The number of nitrogens with zero attached hydrogens (tertiary/aromatic N) is 1. The molecule has 0 saturated carbocycles. The van der Waals surface area contributed by atoms with E-state index in [1.165, 1.54) is 22.3 Å². The van der Waals surface area contributed by atoms with Gasteiger partial charge in [0, 0.05) is 5.69 Å². The van der Waals surface area contributed by atoms with Gasteiger partial charge in [-0.05, 0) is 93.6 Å². The first kappa shape index (κ1) is 17.8. The minimum Gasteiger partial charge on any atom is -0.307 e. The lowest BCUT2D eigenvalue weighted by molar-refractivity contribution is 0.237. The van der Waals surface area contributed by atoms with Crippen LogP contribution in [0.15, 0.2) is 6.07 Å². The maximum Gasteiger partial charge on any atom is 0.332 e. The van der Waals surface area contributed by atoms with Crippen molar-refractivity contribution in [3.63, 3.8) is 0 Å². The van der Waals surface area contributed by atoms with Gasteiger partial charge in [-0.25, -0.2) is 17.9 Å². The molecule has 1 unspecified atom stereocenters. The van der Waals surface area contributed by atoms with Crippen LogP contribution in [-0.2, 0) is 35.7 Å². The van der Waals surface area contributed by atoms with Gasteiger partial charge in [0.15, 0.2) is 0 Å². The quantitative estimate of drug-likeness (QED) is 0.849. The minimum atomic E-state index is -3.72. The number of anilines is 1. The maximum atomic E-state index is 12.7. The molecule has 1 aromatic carbocycles. The Morgan fingerprint density at radius 1 is 1.04 bits per heavy atom. The number of benzene rings is 1. The average molecular weight is 378 g/mol. The Balaban J connectivity index is 1.54. The zero-order valence-corrected chi connectivity index (χ0v) is 16.1. The molecule has 0 aromatic heterocycles. The fourth-order valence-electron chi connectivity index (χ4n) is 4.74. The molecule has 6 nitrogen and oxygen atoms in total. The molecule has 0 radical (unpaired) electrons. The number of sulfonamides is 1. The number of nitrogens with one attached hydrogen (secondary N) is 2. The molecule has 1 aromatic rings. The normalized spacial score (nSPS) is 22.7. The zero-order chi connectivity index (χ0) is 18.3. The first-order valence-electron chi connectivity index (χ1n) is 9.65. The molecule has 142 valence electrons. The van der Waals surface area contributed by atoms with Crippen LogP contribution in [0.5, 0.6) is 0 Å². The molecule has 2 aliphatic carbocycles. The molecule has 1 heterocycles. The Bertz CT molecular complexity index is 803. The van der Waals surface area contributed by atoms with Crippen LogP contribution in [0.4, 0.5) is 10.5 Å². The van der Waals surface area contributed by atoms with E-state index in [1.54, 1.807) is 7.05 Å². The monoisotopic (exact) mass is 377 g/mol. The van der Waals surface area contributed by atoms with E-state index in [9.17, 15) is 13.2 Å². The summed E-state index contributed by atoms with van der Waals surface area (Å²) in [6, 6.07) is 1.67. The van der Waals surface area contributed by atoms with Crippen LogP contribution in [0.2, 0.25) is 0 Å². The van der Waals surface area contributed by atoms with Gasteiger partial charge in [0.25, 0.3) is 10.0 Å². The lowest BCUT2D eigenvalue weighted by Gasteiger charge is -2.31. The summed E-state index contributed by atoms with van der Waals surface area (Å²) in [6.45, 7) is 0.743. The number of carbonyl (C=O) groups is 1. The standard InChI is InChI=1S/C19H27N3O3S/c1-22-11-3-2-10-17(22)26(24,25)21-19(23)20-18-15-8-4-6-13(15)12-14-7-5-9-16(14)18/h12,17H,2-11H2,1H3,(H2,20,21,23). The van der Waals surface area contributed by atoms with Crippen molar-refractivity contribution in [2.75, 3.05) is 18.9 Å². The summed E-state index contributed by atoms with van der Waals surface area (Å²) in [5.74, 6) is 0. The molecular formula is C19H27N3O3S. The summed E-state index contributed by atoms with van der Waals surface area (Å²) in [7, 11) is -1.91. The third-order valence-electron chi connectivity index (χ3n) is 6.01. The van der Waals surface area contributed by atoms with Gasteiger partial charge in [0.05, 0.1) is 0 Å². The van der Waals surface area contributed by atoms with Crippen molar-refractivity contribution in [1.82, 2.24) is 9.62 Å². The van der Waals surface area contributed by atoms with Crippen molar-refractivity contribution in [3.8, 4) is 0 Å². The predicted molar refractivity (Wildman–Crippen MR) is 102 cm³/mol. The summed E-state index contributed by atoms with van der Waals surface area (Å²) in [6.07, 6.45) is 8.63. The topological polar surface area (TPSA) is 78.5 Å². The molecule has 2 amide bonds. The van der Waals surface area contributed by atoms with Crippen molar-refractivity contribution >= 4 is 21.7 Å². The highest BCUT2D eigenvalue weighted by Crippen LogP contribution is 2.38. The van der Waals surface area contributed by atoms with Crippen molar-refractivity contribution in [2.24, 2.45) is 0 Å². The van der Waals surface area contributed by atoms with E-state index >= 15 is 0 Å². The summed E-state index contributed by atoms with van der Waals surface area (Å²) in [5.41, 5.74) is 5.91. The molecule has 26 heavy (non-hydrogen) atoms.